The largest absolute Gasteiger partial charge is 0.493 e. The Bertz CT molecular complexity index is 710. The molecule has 1 N–H and O–H groups in total. The van der Waals surface area contributed by atoms with Crippen LogP contribution in [0.25, 0.3) is 0 Å². The fourth-order valence-electron chi connectivity index (χ4n) is 3.35. The molecule has 0 aromatic heterocycles. The zero-order valence-electron chi connectivity index (χ0n) is 15.8. The van der Waals surface area contributed by atoms with Gasteiger partial charge in [-0.05, 0) is 36.8 Å². The van der Waals surface area contributed by atoms with Gasteiger partial charge in [0.05, 0.1) is 20.3 Å². The van der Waals surface area contributed by atoms with Crippen molar-refractivity contribution in [2.75, 3.05) is 51.8 Å². The summed E-state index contributed by atoms with van der Waals surface area (Å²) in [4.78, 5) is 4.71. The minimum atomic E-state index is -0.541. The van der Waals surface area contributed by atoms with E-state index in [1.165, 1.54) is 11.3 Å². The highest BCUT2D eigenvalue weighted by atomic mass is 16.5. The van der Waals surface area contributed by atoms with Crippen molar-refractivity contribution in [3.8, 4) is 11.5 Å². The number of anilines is 1. The maximum Gasteiger partial charge on any atom is 0.161 e. The first-order chi connectivity index (χ1) is 12.6. The van der Waals surface area contributed by atoms with Gasteiger partial charge in [0.1, 0.15) is 0 Å². The Morgan fingerprint density at radius 2 is 1.58 bits per heavy atom. The smallest absolute Gasteiger partial charge is 0.161 e. The number of ether oxygens (including phenoxy) is 2. The van der Waals surface area contributed by atoms with Crippen molar-refractivity contribution in [2.24, 2.45) is 0 Å². The van der Waals surface area contributed by atoms with Gasteiger partial charge < -0.3 is 19.5 Å². The third-order valence-corrected chi connectivity index (χ3v) is 4.99. The lowest BCUT2D eigenvalue weighted by Gasteiger charge is -2.37. The van der Waals surface area contributed by atoms with E-state index in [1.54, 1.807) is 14.2 Å². The molecule has 0 radical (unpaired) electrons. The minimum absolute atomic E-state index is 0.541. The van der Waals surface area contributed by atoms with Crippen molar-refractivity contribution >= 4 is 5.69 Å². The summed E-state index contributed by atoms with van der Waals surface area (Å²) < 4.78 is 10.6. The van der Waals surface area contributed by atoms with Crippen LogP contribution >= 0.6 is 0 Å². The quantitative estimate of drug-likeness (QED) is 0.862. The van der Waals surface area contributed by atoms with Gasteiger partial charge in [-0.2, -0.15) is 0 Å². The Labute approximate surface area is 155 Å². The van der Waals surface area contributed by atoms with Gasteiger partial charge in [0.2, 0.25) is 0 Å². The van der Waals surface area contributed by atoms with Gasteiger partial charge in [-0.3, -0.25) is 4.90 Å². The maximum atomic E-state index is 10.6. The summed E-state index contributed by atoms with van der Waals surface area (Å²) >= 11 is 0. The number of aryl methyl sites for hydroxylation is 1. The van der Waals surface area contributed by atoms with Crippen LogP contribution in [0.2, 0.25) is 0 Å². The molecule has 1 heterocycles. The van der Waals surface area contributed by atoms with E-state index in [0.717, 1.165) is 31.7 Å². The van der Waals surface area contributed by atoms with Crippen molar-refractivity contribution in [1.29, 1.82) is 0 Å². The highest BCUT2D eigenvalue weighted by Crippen LogP contribution is 2.30. The second-order valence-corrected chi connectivity index (χ2v) is 6.75. The molecule has 0 amide bonds. The number of methoxy groups -OCH3 is 2. The van der Waals surface area contributed by atoms with Gasteiger partial charge in [-0.15, -0.1) is 0 Å². The zero-order valence-corrected chi connectivity index (χ0v) is 15.8. The molecule has 0 bridgehead atoms. The third kappa shape index (κ3) is 4.29. The average molecular weight is 356 g/mol. The number of rotatable bonds is 6. The van der Waals surface area contributed by atoms with Gasteiger partial charge in [-0.1, -0.05) is 23.8 Å². The van der Waals surface area contributed by atoms with E-state index >= 15 is 0 Å². The number of piperazine rings is 1. The standard InChI is InChI=1S/C21H28N2O3/c1-16-4-7-18(8-5-16)23-12-10-22(11-13-23)15-19(24)17-6-9-20(25-2)21(14-17)26-3/h4-9,14,19,24H,10-13,15H2,1-3H3. The summed E-state index contributed by atoms with van der Waals surface area (Å²) in [5, 5.41) is 10.6. The number of hydrogen-bond donors (Lipinski definition) is 1. The van der Waals surface area contributed by atoms with Crippen LogP contribution < -0.4 is 14.4 Å². The molecule has 1 aliphatic rings. The van der Waals surface area contributed by atoms with E-state index in [9.17, 15) is 5.11 Å². The van der Waals surface area contributed by atoms with E-state index in [-0.39, 0.29) is 0 Å². The predicted octanol–water partition coefficient (Wildman–Crippen LogP) is 2.87. The lowest BCUT2D eigenvalue weighted by Crippen LogP contribution is -2.47. The van der Waals surface area contributed by atoms with Crippen molar-refractivity contribution in [3.63, 3.8) is 0 Å². The Morgan fingerprint density at radius 1 is 0.923 bits per heavy atom. The van der Waals surface area contributed by atoms with Gasteiger partial charge >= 0.3 is 0 Å². The molecule has 1 saturated heterocycles. The number of aliphatic hydroxyl groups is 1. The van der Waals surface area contributed by atoms with Crippen LogP contribution in [-0.4, -0.2) is 56.9 Å². The molecule has 140 valence electrons. The molecule has 0 aliphatic carbocycles. The van der Waals surface area contributed by atoms with Crippen molar-refractivity contribution < 1.29 is 14.6 Å². The summed E-state index contributed by atoms with van der Waals surface area (Å²) in [7, 11) is 3.22. The maximum absolute atomic E-state index is 10.6. The van der Waals surface area contributed by atoms with Crippen LogP contribution in [0.1, 0.15) is 17.2 Å². The van der Waals surface area contributed by atoms with E-state index in [2.05, 4.69) is 41.0 Å². The fraction of sp³-hybridized carbons (Fsp3) is 0.429. The molecule has 1 aliphatic heterocycles. The number of nitrogens with zero attached hydrogens (tertiary/aromatic N) is 2. The van der Waals surface area contributed by atoms with Crippen LogP contribution in [0.3, 0.4) is 0 Å². The molecule has 5 nitrogen and oxygen atoms in total. The highest BCUT2D eigenvalue weighted by Gasteiger charge is 2.21. The van der Waals surface area contributed by atoms with Crippen LogP contribution in [0.15, 0.2) is 42.5 Å². The molecular weight excluding hydrogens is 328 g/mol. The first-order valence-corrected chi connectivity index (χ1v) is 9.04. The van der Waals surface area contributed by atoms with E-state index < -0.39 is 6.10 Å². The van der Waals surface area contributed by atoms with Crippen molar-refractivity contribution in [1.82, 2.24) is 4.90 Å². The lowest BCUT2D eigenvalue weighted by atomic mass is 10.1. The first kappa shape index (κ1) is 18.5. The van der Waals surface area contributed by atoms with Crippen molar-refractivity contribution in [3.05, 3.63) is 53.6 Å². The predicted molar refractivity (Wildman–Crippen MR) is 104 cm³/mol. The lowest BCUT2D eigenvalue weighted by molar-refractivity contribution is 0.109. The van der Waals surface area contributed by atoms with Gasteiger partial charge in [0.25, 0.3) is 0 Å². The highest BCUT2D eigenvalue weighted by molar-refractivity contribution is 5.48. The normalized spacial score (nSPS) is 16.4. The SMILES string of the molecule is COc1ccc(C(O)CN2CCN(c3ccc(C)cc3)CC2)cc1OC. The van der Waals surface area contributed by atoms with Gasteiger partial charge in [0.15, 0.2) is 11.5 Å². The average Bonchev–Trinajstić information content (AvgIpc) is 2.68. The molecular formula is C21H28N2O3. The summed E-state index contributed by atoms with van der Waals surface area (Å²) in [5.74, 6) is 1.32. The van der Waals surface area contributed by atoms with Crippen molar-refractivity contribution in [2.45, 2.75) is 13.0 Å². The Morgan fingerprint density at radius 3 is 2.19 bits per heavy atom. The Kier molecular flexibility index (Phi) is 6.01. The summed E-state index contributed by atoms with van der Waals surface area (Å²) in [6, 6.07) is 14.3. The van der Waals surface area contributed by atoms with Crippen LogP contribution in [0, 0.1) is 6.92 Å². The fourth-order valence-corrected chi connectivity index (χ4v) is 3.35. The Balaban J connectivity index is 1.56. The third-order valence-electron chi connectivity index (χ3n) is 4.99. The molecule has 2 aromatic carbocycles. The van der Waals surface area contributed by atoms with Crippen LogP contribution in [0.5, 0.6) is 11.5 Å². The summed E-state index contributed by atoms with van der Waals surface area (Å²) in [6.07, 6.45) is -0.541. The van der Waals surface area contributed by atoms with E-state index in [0.29, 0.717) is 18.0 Å². The molecule has 0 saturated carbocycles. The first-order valence-electron chi connectivity index (χ1n) is 9.04. The van der Waals surface area contributed by atoms with Gasteiger partial charge in [-0.25, -0.2) is 0 Å². The second kappa shape index (κ2) is 8.43. The molecule has 5 heteroatoms. The minimum Gasteiger partial charge on any atom is -0.493 e. The van der Waals surface area contributed by atoms with E-state index in [1.807, 2.05) is 18.2 Å². The van der Waals surface area contributed by atoms with Gasteiger partial charge in [0, 0.05) is 38.4 Å². The monoisotopic (exact) mass is 356 g/mol. The molecule has 1 atom stereocenters. The van der Waals surface area contributed by atoms with Crippen LogP contribution in [-0.2, 0) is 0 Å². The topological polar surface area (TPSA) is 45.2 Å². The Hall–Kier alpha value is -2.24. The second-order valence-electron chi connectivity index (χ2n) is 6.75. The number of benzene rings is 2. The van der Waals surface area contributed by atoms with Crippen LogP contribution in [0.4, 0.5) is 5.69 Å². The zero-order chi connectivity index (χ0) is 18.5. The molecule has 1 fully saturated rings. The number of aliphatic hydroxyl groups excluding tert-OH is 1. The molecule has 3 rings (SSSR count). The summed E-state index contributed by atoms with van der Waals surface area (Å²) in [6.45, 7) is 6.56. The molecule has 26 heavy (non-hydrogen) atoms. The number of hydrogen-bond acceptors (Lipinski definition) is 5. The van der Waals surface area contributed by atoms with E-state index in [4.69, 9.17) is 9.47 Å². The molecule has 1 unspecified atom stereocenters. The molecule has 0 spiro atoms. The molecule has 2 aromatic rings. The number of β-amino-alcohol motifs (C(OH)–C–C–N with tert-alkyl or cyclic N) is 1. The summed E-state index contributed by atoms with van der Waals surface area (Å²) in [5.41, 5.74) is 3.41.